The van der Waals surface area contributed by atoms with E-state index in [1.807, 2.05) is 48.5 Å². The molecule has 2 aliphatic rings. The third kappa shape index (κ3) is 3.29. The molecule has 0 N–H and O–H groups in total. The van der Waals surface area contributed by atoms with Gasteiger partial charge < -0.3 is 14.2 Å². The third-order valence-electron chi connectivity index (χ3n) is 6.04. The predicted octanol–water partition coefficient (Wildman–Crippen LogP) is 2.52. The van der Waals surface area contributed by atoms with Crippen LogP contribution in [-0.2, 0) is 21.7 Å². The number of fused-ring (bicyclic) bond motifs is 2. The van der Waals surface area contributed by atoms with Crippen molar-refractivity contribution in [2.75, 3.05) is 13.1 Å². The maximum atomic E-state index is 13.6. The number of carbonyl (C=O) groups is 1. The Bertz CT molecular complexity index is 1200. The SMILES string of the molecule is Cn1cnnc1S(=O)(=O)C1CCN(C(=O)C2c3ccccc3Oc3ccccc32)CC1. The summed E-state index contributed by atoms with van der Waals surface area (Å²) in [4.78, 5) is 15.4. The average Bonchev–Trinajstić information content (AvgIpc) is 3.24. The Balaban J connectivity index is 1.39. The van der Waals surface area contributed by atoms with E-state index >= 15 is 0 Å². The number of carbonyl (C=O) groups excluding carboxylic acids is 1. The molecule has 5 rings (SSSR count). The number of aromatic nitrogens is 3. The number of hydrogen-bond donors (Lipinski definition) is 0. The second-order valence-corrected chi connectivity index (χ2v) is 10.0. The van der Waals surface area contributed by atoms with E-state index in [0.29, 0.717) is 37.4 Å². The zero-order chi connectivity index (χ0) is 21.6. The molecule has 0 bridgehead atoms. The minimum absolute atomic E-state index is 0.0236. The van der Waals surface area contributed by atoms with Crippen molar-refractivity contribution in [3.8, 4) is 11.5 Å². The second kappa shape index (κ2) is 7.49. The molecule has 31 heavy (non-hydrogen) atoms. The zero-order valence-corrected chi connectivity index (χ0v) is 17.8. The first kappa shape index (κ1) is 19.7. The summed E-state index contributed by atoms with van der Waals surface area (Å²) in [6, 6.07) is 15.1. The number of ether oxygens (including phenoxy) is 1. The molecule has 1 fully saturated rings. The molecular formula is C22H22N4O4S. The van der Waals surface area contributed by atoms with Crippen LogP contribution in [0.4, 0.5) is 0 Å². The number of para-hydroxylation sites is 2. The largest absolute Gasteiger partial charge is 0.457 e. The fourth-order valence-corrected chi connectivity index (χ4v) is 6.16. The molecule has 0 aliphatic carbocycles. The van der Waals surface area contributed by atoms with E-state index in [2.05, 4.69) is 10.2 Å². The van der Waals surface area contributed by atoms with E-state index < -0.39 is 21.0 Å². The van der Waals surface area contributed by atoms with Crippen LogP contribution in [0.2, 0.25) is 0 Å². The van der Waals surface area contributed by atoms with Crippen molar-refractivity contribution in [3.05, 3.63) is 66.0 Å². The quantitative estimate of drug-likeness (QED) is 0.624. The molecule has 3 heterocycles. The summed E-state index contributed by atoms with van der Waals surface area (Å²) >= 11 is 0. The first-order valence-electron chi connectivity index (χ1n) is 10.2. The molecule has 0 spiro atoms. The molecule has 2 aliphatic heterocycles. The van der Waals surface area contributed by atoms with Gasteiger partial charge in [-0.15, -0.1) is 10.2 Å². The van der Waals surface area contributed by atoms with Crippen molar-refractivity contribution < 1.29 is 17.9 Å². The van der Waals surface area contributed by atoms with Crippen molar-refractivity contribution >= 4 is 15.7 Å². The van der Waals surface area contributed by atoms with Gasteiger partial charge in [-0.3, -0.25) is 4.79 Å². The van der Waals surface area contributed by atoms with Gasteiger partial charge in [0.15, 0.2) is 0 Å². The van der Waals surface area contributed by atoms with Gasteiger partial charge in [0.2, 0.25) is 20.9 Å². The Morgan fingerprint density at radius 1 is 1.00 bits per heavy atom. The summed E-state index contributed by atoms with van der Waals surface area (Å²) in [7, 11) is -1.97. The molecule has 2 aromatic carbocycles. The molecule has 1 amide bonds. The Morgan fingerprint density at radius 2 is 1.58 bits per heavy atom. The lowest BCUT2D eigenvalue weighted by atomic mass is 9.86. The molecule has 160 valence electrons. The molecule has 3 aromatic rings. The molecule has 0 saturated carbocycles. The first-order valence-corrected chi connectivity index (χ1v) is 11.7. The fraction of sp³-hybridized carbons (Fsp3) is 0.318. The van der Waals surface area contributed by atoms with Crippen LogP contribution in [0.3, 0.4) is 0 Å². The lowest BCUT2D eigenvalue weighted by Crippen LogP contribution is -2.45. The average molecular weight is 439 g/mol. The van der Waals surface area contributed by atoms with E-state index in [0.717, 1.165) is 11.1 Å². The Hall–Kier alpha value is -3.20. The number of nitrogens with zero attached hydrogens (tertiary/aromatic N) is 4. The summed E-state index contributed by atoms with van der Waals surface area (Å²) < 4.78 is 33.3. The third-order valence-corrected chi connectivity index (χ3v) is 8.27. The summed E-state index contributed by atoms with van der Waals surface area (Å²) in [5.41, 5.74) is 1.67. The number of sulfone groups is 1. The Labute approximate surface area is 180 Å². The van der Waals surface area contributed by atoms with Gasteiger partial charge in [0.05, 0.1) is 11.2 Å². The molecule has 0 atom stereocenters. The minimum Gasteiger partial charge on any atom is -0.457 e. The molecule has 1 aromatic heterocycles. The molecule has 0 radical (unpaired) electrons. The number of amides is 1. The van der Waals surface area contributed by atoms with Gasteiger partial charge in [0, 0.05) is 31.3 Å². The Morgan fingerprint density at radius 3 is 2.13 bits per heavy atom. The van der Waals surface area contributed by atoms with Crippen LogP contribution >= 0.6 is 0 Å². The zero-order valence-electron chi connectivity index (χ0n) is 17.0. The van der Waals surface area contributed by atoms with Gasteiger partial charge in [-0.1, -0.05) is 36.4 Å². The summed E-state index contributed by atoms with van der Waals surface area (Å²) in [5.74, 6) is 0.865. The molecule has 1 saturated heterocycles. The number of aryl methyl sites for hydroxylation is 1. The predicted molar refractivity (Wildman–Crippen MR) is 113 cm³/mol. The van der Waals surface area contributed by atoms with Gasteiger partial charge in [0.25, 0.3) is 0 Å². The topological polar surface area (TPSA) is 94.4 Å². The van der Waals surface area contributed by atoms with Crippen LogP contribution in [-0.4, -0.2) is 52.3 Å². The highest BCUT2D eigenvalue weighted by atomic mass is 32.2. The maximum Gasteiger partial charge on any atom is 0.249 e. The standard InChI is InChI=1S/C22H22N4O4S/c1-25-14-23-24-22(25)31(28,29)15-10-12-26(13-11-15)21(27)20-16-6-2-4-8-18(16)30-19-9-5-3-7-17(19)20/h2-9,14-15,20H,10-13H2,1H3. The van der Waals surface area contributed by atoms with Crippen LogP contribution < -0.4 is 4.74 Å². The van der Waals surface area contributed by atoms with Crippen LogP contribution in [0.15, 0.2) is 60.0 Å². The summed E-state index contributed by atoms with van der Waals surface area (Å²) in [6.07, 6.45) is 2.12. The normalized spacial score (nSPS) is 17.0. The number of rotatable bonds is 3. The summed E-state index contributed by atoms with van der Waals surface area (Å²) in [5, 5.41) is 6.86. The van der Waals surface area contributed by atoms with Crippen molar-refractivity contribution in [1.29, 1.82) is 0 Å². The Kier molecular flexibility index (Phi) is 4.77. The highest BCUT2D eigenvalue weighted by molar-refractivity contribution is 7.91. The highest BCUT2D eigenvalue weighted by Crippen LogP contribution is 2.45. The van der Waals surface area contributed by atoms with E-state index in [4.69, 9.17) is 4.74 Å². The smallest absolute Gasteiger partial charge is 0.249 e. The number of likely N-dealkylation sites (tertiary alicyclic amines) is 1. The van der Waals surface area contributed by atoms with Crippen molar-refractivity contribution in [1.82, 2.24) is 19.7 Å². The lowest BCUT2D eigenvalue weighted by molar-refractivity contribution is -0.132. The minimum atomic E-state index is -3.59. The molecule has 9 heteroatoms. The van der Waals surface area contributed by atoms with Gasteiger partial charge in [-0.05, 0) is 25.0 Å². The highest BCUT2D eigenvalue weighted by Gasteiger charge is 2.39. The number of benzene rings is 2. The molecule has 8 nitrogen and oxygen atoms in total. The van der Waals surface area contributed by atoms with Crippen LogP contribution in [0.5, 0.6) is 11.5 Å². The summed E-state index contributed by atoms with van der Waals surface area (Å²) in [6.45, 7) is 0.755. The van der Waals surface area contributed by atoms with Gasteiger partial charge in [0.1, 0.15) is 17.8 Å². The molecule has 0 unspecified atom stereocenters. The van der Waals surface area contributed by atoms with Crippen molar-refractivity contribution in [2.24, 2.45) is 7.05 Å². The monoisotopic (exact) mass is 438 g/mol. The van der Waals surface area contributed by atoms with Crippen molar-refractivity contribution in [2.45, 2.75) is 29.2 Å². The van der Waals surface area contributed by atoms with Crippen LogP contribution in [0, 0.1) is 0 Å². The fourth-order valence-electron chi connectivity index (χ4n) is 4.42. The van der Waals surface area contributed by atoms with Gasteiger partial charge in [-0.25, -0.2) is 8.42 Å². The maximum absolute atomic E-state index is 13.6. The number of piperidine rings is 1. The second-order valence-electron chi connectivity index (χ2n) is 7.90. The lowest BCUT2D eigenvalue weighted by Gasteiger charge is -2.36. The van der Waals surface area contributed by atoms with Crippen LogP contribution in [0.25, 0.3) is 0 Å². The van der Waals surface area contributed by atoms with Crippen molar-refractivity contribution in [3.63, 3.8) is 0 Å². The van der Waals surface area contributed by atoms with E-state index in [9.17, 15) is 13.2 Å². The van der Waals surface area contributed by atoms with Gasteiger partial charge in [-0.2, -0.15) is 0 Å². The van der Waals surface area contributed by atoms with E-state index in [-0.39, 0.29) is 11.1 Å². The van der Waals surface area contributed by atoms with E-state index in [1.54, 1.807) is 11.9 Å². The molecular weight excluding hydrogens is 416 g/mol. The van der Waals surface area contributed by atoms with Gasteiger partial charge >= 0.3 is 0 Å². The van der Waals surface area contributed by atoms with E-state index in [1.165, 1.54) is 10.9 Å². The number of hydrogen-bond acceptors (Lipinski definition) is 6. The van der Waals surface area contributed by atoms with Crippen LogP contribution in [0.1, 0.15) is 29.9 Å². The first-order chi connectivity index (χ1) is 15.0.